The van der Waals surface area contributed by atoms with Crippen molar-refractivity contribution in [2.75, 3.05) is 12.4 Å². The Morgan fingerprint density at radius 2 is 2.57 bits per heavy atom. The zero-order valence-electron chi connectivity index (χ0n) is 8.23. The van der Waals surface area contributed by atoms with Crippen LogP contribution in [0.5, 0.6) is 0 Å². The van der Waals surface area contributed by atoms with Gasteiger partial charge in [0, 0.05) is 16.7 Å². The van der Waals surface area contributed by atoms with Crippen molar-refractivity contribution in [3.63, 3.8) is 0 Å². The van der Waals surface area contributed by atoms with Crippen molar-refractivity contribution in [1.82, 2.24) is 0 Å². The molecule has 0 aromatic rings. The predicted octanol–water partition coefficient (Wildman–Crippen LogP) is 2.17. The highest BCUT2D eigenvalue weighted by molar-refractivity contribution is 8.00. The van der Waals surface area contributed by atoms with Crippen LogP contribution in [0.1, 0.15) is 13.3 Å². The summed E-state index contributed by atoms with van der Waals surface area (Å²) < 4.78 is 5.04. The summed E-state index contributed by atoms with van der Waals surface area (Å²) in [6.07, 6.45) is 7.17. The van der Waals surface area contributed by atoms with Crippen molar-refractivity contribution in [1.29, 1.82) is 0 Å². The van der Waals surface area contributed by atoms with E-state index >= 15 is 0 Å². The Kier molecular flexibility index (Phi) is 2.96. The van der Waals surface area contributed by atoms with Crippen LogP contribution in [0.15, 0.2) is 23.8 Å². The maximum atomic E-state index is 11.6. The molecule has 2 nitrogen and oxygen atoms in total. The largest absolute Gasteiger partial charge is 0.463 e. The minimum Gasteiger partial charge on any atom is -0.463 e. The Labute approximate surface area is 88.4 Å². The predicted molar refractivity (Wildman–Crippen MR) is 58.2 cm³/mol. The summed E-state index contributed by atoms with van der Waals surface area (Å²) in [7, 11) is 0. The molecule has 0 amide bonds. The van der Waals surface area contributed by atoms with Crippen molar-refractivity contribution in [2.45, 2.75) is 18.6 Å². The van der Waals surface area contributed by atoms with Gasteiger partial charge in [0.15, 0.2) is 0 Å². The second kappa shape index (κ2) is 4.22. The van der Waals surface area contributed by atoms with Crippen molar-refractivity contribution in [3.05, 3.63) is 23.8 Å². The summed E-state index contributed by atoms with van der Waals surface area (Å²) in [6.45, 7) is 2.31. The van der Waals surface area contributed by atoms with Gasteiger partial charge in [-0.25, -0.2) is 4.79 Å². The molecule has 0 aromatic carbocycles. The number of carbonyl (C=O) groups is 1. The Morgan fingerprint density at radius 1 is 1.71 bits per heavy atom. The van der Waals surface area contributed by atoms with E-state index in [1.807, 2.05) is 30.8 Å². The van der Waals surface area contributed by atoms with Gasteiger partial charge in [0.05, 0.1) is 6.61 Å². The molecule has 0 saturated carbocycles. The zero-order chi connectivity index (χ0) is 9.97. The molecule has 3 heteroatoms. The number of esters is 1. The van der Waals surface area contributed by atoms with Crippen LogP contribution in [0, 0.1) is 5.92 Å². The van der Waals surface area contributed by atoms with E-state index < -0.39 is 0 Å². The van der Waals surface area contributed by atoms with E-state index in [1.54, 1.807) is 0 Å². The lowest BCUT2D eigenvalue weighted by atomic mass is 9.89. The first kappa shape index (κ1) is 9.84. The molecule has 0 N–H and O–H groups in total. The summed E-state index contributed by atoms with van der Waals surface area (Å²) in [6, 6.07) is 0. The van der Waals surface area contributed by atoms with Gasteiger partial charge in [-0.1, -0.05) is 18.2 Å². The third-order valence-electron chi connectivity index (χ3n) is 2.62. The fourth-order valence-electron chi connectivity index (χ4n) is 1.96. The van der Waals surface area contributed by atoms with E-state index in [1.165, 1.54) is 0 Å². The molecule has 0 bridgehead atoms. The van der Waals surface area contributed by atoms with Crippen molar-refractivity contribution in [2.24, 2.45) is 5.92 Å². The summed E-state index contributed by atoms with van der Waals surface area (Å²) in [5.74, 6) is 1.41. The third-order valence-corrected chi connectivity index (χ3v) is 3.96. The van der Waals surface area contributed by atoms with Crippen molar-refractivity contribution < 1.29 is 9.53 Å². The fraction of sp³-hybridized carbons (Fsp3) is 0.545. The molecule has 2 aliphatic rings. The van der Waals surface area contributed by atoms with Gasteiger partial charge >= 0.3 is 5.97 Å². The molecule has 1 aliphatic heterocycles. The third kappa shape index (κ3) is 1.73. The van der Waals surface area contributed by atoms with Crippen LogP contribution in [0.4, 0.5) is 0 Å². The number of rotatable bonds is 2. The molecule has 2 rings (SSSR count). The Bertz CT molecular complexity index is 294. The van der Waals surface area contributed by atoms with Gasteiger partial charge in [-0.3, -0.25) is 0 Å². The smallest absolute Gasteiger partial charge is 0.334 e. The average molecular weight is 210 g/mol. The van der Waals surface area contributed by atoms with E-state index in [4.69, 9.17) is 4.74 Å². The first-order chi connectivity index (χ1) is 6.83. The van der Waals surface area contributed by atoms with Gasteiger partial charge in [-0.15, -0.1) is 0 Å². The number of ether oxygens (including phenoxy) is 1. The van der Waals surface area contributed by atoms with Crippen LogP contribution in [-0.2, 0) is 9.53 Å². The number of hydrogen-bond donors (Lipinski definition) is 0. The molecule has 1 heterocycles. The normalized spacial score (nSPS) is 29.6. The van der Waals surface area contributed by atoms with Crippen LogP contribution in [0.2, 0.25) is 0 Å². The zero-order valence-corrected chi connectivity index (χ0v) is 9.05. The minimum absolute atomic E-state index is 0.130. The molecule has 1 saturated heterocycles. The van der Waals surface area contributed by atoms with Gasteiger partial charge < -0.3 is 4.74 Å². The molecule has 2 atom stereocenters. The van der Waals surface area contributed by atoms with E-state index in [-0.39, 0.29) is 5.97 Å². The quantitative estimate of drug-likeness (QED) is 0.653. The van der Waals surface area contributed by atoms with Gasteiger partial charge in [-0.2, -0.15) is 11.8 Å². The second-order valence-electron chi connectivity index (χ2n) is 3.46. The highest BCUT2D eigenvalue weighted by Crippen LogP contribution is 2.40. The number of carbonyl (C=O) groups excluding carboxylic acids is 1. The maximum absolute atomic E-state index is 11.6. The Hall–Kier alpha value is -0.700. The maximum Gasteiger partial charge on any atom is 0.334 e. The molecule has 0 aromatic heterocycles. The monoisotopic (exact) mass is 210 g/mol. The van der Waals surface area contributed by atoms with E-state index in [0.717, 1.165) is 17.7 Å². The fourth-order valence-corrected chi connectivity index (χ4v) is 3.34. The second-order valence-corrected chi connectivity index (χ2v) is 4.74. The Morgan fingerprint density at radius 3 is 3.36 bits per heavy atom. The highest BCUT2D eigenvalue weighted by Gasteiger charge is 2.34. The van der Waals surface area contributed by atoms with Crippen LogP contribution in [0.3, 0.4) is 0 Å². The minimum atomic E-state index is -0.130. The topological polar surface area (TPSA) is 26.3 Å². The summed E-state index contributed by atoms with van der Waals surface area (Å²) >= 11 is 1.93. The average Bonchev–Trinajstić information content (AvgIpc) is 2.65. The number of fused-ring (bicyclic) bond motifs is 1. The number of thioether (sulfide) groups is 1. The van der Waals surface area contributed by atoms with Crippen molar-refractivity contribution >= 4 is 17.7 Å². The standard InChI is InChI=1S/C11H14O2S/c1-2-13-11(12)9-4-3-5-10-8(9)6-7-14-10/h3-5,8,10H,2,6-7H2,1H3. The molecule has 1 aliphatic carbocycles. The molecule has 14 heavy (non-hydrogen) atoms. The van der Waals surface area contributed by atoms with E-state index in [0.29, 0.717) is 17.8 Å². The molecular weight excluding hydrogens is 196 g/mol. The van der Waals surface area contributed by atoms with E-state index in [2.05, 4.69) is 6.08 Å². The summed E-state index contributed by atoms with van der Waals surface area (Å²) in [5.41, 5.74) is 0.865. The molecule has 0 spiro atoms. The Balaban J connectivity index is 2.13. The molecular formula is C11H14O2S. The first-order valence-electron chi connectivity index (χ1n) is 5.00. The lowest BCUT2D eigenvalue weighted by molar-refractivity contribution is -0.139. The van der Waals surface area contributed by atoms with Gasteiger partial charge in [-0.05, 0) is 19.1 Å². The van der Waals surface area contributed by atoms with Crippen molar-refractivity contribution in [3.8, 4) is 0 Å². The highest BCUT2D eigenvalue weighted by atomic mass is 32.2. The lowest BCUT2D eigenvalue weighted by Crippen LogP contribution is -2.22. The number of allylic oxidation sites excluding steroid dienone is 2. The van der Waals surface area contributed by atoms with Gasteiger partial charge in [0.1, 0.15) is 0 Å². The SMILES string of the molecule is CCOC(=O)C1=CC=CC2SCCC12. The van der Waals surface area contributed by atoms with Crippen LogP contribution < -0.4 is 0 Å². The molecule has 2 unspecified atom stereocenters. The van der Waals surface area contributed by atoms with Gasteiger partial charge in [0.2, 0.25) is 0 Å². The molecule has 0 radical (unpaired) electrons. The van der Waals surface area contributed by atoms with Gasteiger partial charge in [0.25, 0.3) is 0 Å². The molecule has 76 valence electrons. The first-order valence-corrected chi connectivity index (χ1v) is 6.05. The summed E-state index contributed by atoms with van der Waals surface area (Å²) in [4.78, 5) is 11.6. The van der Waals surface area contributed by atoms with Crippen LogP contribution in [-0.4, -0.2) is 23.6 Å². The van der Waals surface area contributed by atoms with Crippen LogP contribution in [0.25, 0.3) is 0 Å². The van der Waals surface area contributed by atoms with Crippen LogP contribution >= 0.6 is 11.8 Å². The molecule has 1 fully saturated rings. The number of hydrogen-bond acceptors (Lipinski definition) is 3. The summed E-state index contributed by atoms with van der Waals surface area (Å²) in [5, 5.41) is 0.499. The lowest BCUT2D eigenvalue weighted by Gasteiger charge is -2.20. The van der Waals surface area contributed by atoms with E-state index in [9.17, 15) is 4.79 Å².